The van der Waals surface area contributed by atoms with E-state index < -0.39 is 0 Å². The van der Waals surface area contributed by atoms with Gasteiger partial charge in [-0.15, -0.1) is 0 Å². The van der Waals surface area contributed by atoms with E-state index in [2.05, 4.69) is 15.0 Å². The van der Waals surface area contributed by atoms with E-state index in [0.29, 0.717) is 0 Å². The van der Waals surface area contributed by atoms with Crippen LogP contribution in [0.4, 0.5) is 5.69 Å². The summed E-state index contributed by atoms with van der Waals surface area (Å²) in [4.78, 5) is 6.59. The van der Waals surface area contributed by atoms with E-state index in [4.69, 9.17) is 16.1 Å². The Balaban J connectivity index is 1.90. The molecule has 1 aliphatic heterocycles. The van der Waals surface area contributed by atoms with Crippen LogP contribution in [0.2, 0.25) is 5.02 Å². The molecule has 0 spiro atoms. The molecular formula is C17H18ClN3OS. The van der Waals surface area contributed by atoms with Crippen molar-refractivity contribution < 1.29 is 4.52 Å². The Labute approximate surface area is 145 Å². The van der Waals surface area contributed by atoms with E-state index in [0.717, 1.165) is 51.6 Å². The number of aromatic nitrogens is 1. The van der Waals surface area contributed by atoms with E-state index in [-0.39, 0.29) is 0 Å². The normalized spacial score (nSPS) is 17.3. The summed E-state index contributed by atoms with van der Waals surface area (Å²) in [7, 11) is 1.83. The lowest BCUT2D eigenvalue weighted by molar-refractivity contribution is 0.408. The summed E-state index contributed by atoms with van der Waals surface area (Å²) < 4.78 is 5.52. The number of aryl methyl sites for hydroxylation is 1. The van der Waals surface area contributed by atoms with Crippen LogP contribution >= 0.6 is 23.4 Å². The van der Waals surface area contributed by atoms with Crippen LogP contribution in [0.15, 0.2) is 33.8 Å². The largest absolute Gasteiger partial charge is 0.354 e. The summed E-state index contributed by atoms with van der Waals surface area (Å²) in [6.45, 7) is 2.90. The fourth-order valence-corrected chi connectivity index (χ4v) is 3.57. The number of halogens is 1. The molecule has 0 saturated carbocycles. The standard InChI is InChI=1S/C17H18ClN3OS/c1-12-16(21-10-3-11-23-17(21)19-2)15(22-20-12)9-6-13-4-7-14(18)8-5-13/h4-9H,3,10-11H2,1-2H3/b9-6+,19-17?. The summed E-state index contributed by atoms with van der Waals surface area (Å²) >= 11 is 7.69. The molecule has 0 aliphatic carbocycles. The molecule has 3 rings (SSSR count). The Morgan fingerprint density at radius 2 is 2.09 bits per heavy atom. The van der Waals surface area contributed by atoms with Gasteiger partial charge in [-0.05, 0) is 37.1 Å². The van der Waals surface area contributed by atoms with Crippen molar-refractivity contribution in [2.24, 2.45) is 4.99 Å². The number of benzene rings is 1. The molecule has 23 heavy (non-hydrogen) atoms. The maximum atomic E-state index is 5.92. The van der Waals surface area contributed by atoms with Gasteiger partial charge in [-0.2, -0.15) is 0 Å². The Kier molecular flexibility index (Phi) is 5.08. The minimum absolute atomic E-state index is 0.729. The molecule has 0 bridgehead atoms. The number of nitrogens with zero attached hydrogens (tertiary/aromatic N) is 3. The van der Waals surface area contributed by atoms with Crippen LogP contribution in [0.1, 0.15) is 23.4 Å². The number of thioether (sulfide) groups is 1. The lowest BCUT2D eigenvalue weighted by Gasteiger charge is -2.28. The van der Waals surface area contributed by atoms with E-state index in [1.807, 2.05) is 50.4 Å². The highest BCUT2D eigenvalue weighted by atomic mass is 35.5. The smallest absolute Gasteiger partial charge is 0.183 e. The molecule has 2 aromatic rings. The second kappa shape index (κ2) is 7.23. The summed E-state index contributed by atoms with van der Waals surface area (Å²) in [5, 5.41) is 5.88. The van der Waals surface area contributed by atoms with Gasteiger partial charge < -0.3 is 9.42 Å². The van der Waals surface area contributed by atoms with Gasteiger partial charge in [-0.25, -0.2) is 0 Å². The maximum Gasteiger partial charge on any atom is 0.183 e. The zero-order valence-corrected chi connectivity index (χ0v) is 14.7. The lowest BCUT2D eigenvalue weighted by Crippen LogP contribution is -2.34. The highest BCUT2D eigenvalue weighted by Crippen LogP contribution is 2.32. The molecule has 1 aromatic heterocycles. The van der Waals surface area contributed by atoms with Crippen LogP contribution in [0.25, 0.3) is 12.2 Å². The third-order valence-electron chi connectivity index (χ3n) is 3.60. The minimum atomic E-state index is 0.729. The van der Waals surface area contributed by atoms with E-state index in [9.17, 15) is 0 Å². The maximum absolute atomic E-state index is 5.92. The Morgan fingerprint density at radius 3 is 2.83 bits per heavy atom. The summed E-state index contributed by atoms with van der Waals surface area (Å²) in [6, 6.07) is 7.68. The van der Waals surface area contributed by atoms with Crippen molar-refractivity contribution in [3.05, 3.63) is 46.3 Å². The minimum Gasteiger partial charge on any atom is -0.354 e. The quantitative estimate of drug-likeness (QED) is 0.804. The third kappa shape index (κ3) is 3.62. The zero-order valence-electron chi connectivity index (χ0n) is 13.1. The van der Waals surface area contributed by atoms with Gasteiger partial charge in [0.1, 0.15) is 11.4 Å². The molecule has 0 radical (unpaired) electrons. The fraction of sp³-hybridized carbons (Fsp3) is 0.294. The van der Waals surface area contributed by atoms with Gasteiger partial charge in [0.15, 0.2) is 10.9 Å². The molecule has 0 amide bonds. The van der Waals surface area contributed by atoms with Crippen LogP contribution in [0.5, 0.6) is 0 Å². The van der Waals surface area contributed by atoms with Crippen molar-refractivity contribution in [3.63, 3.8) is 0 Å². The average molecular weight is 348 g/mol. The summed E-state index contributed by atoms with van der Waals surface area (Å²) in [5.74, 6) is 1.85. The first-order chi connectivity index (χ1) is 11.2. The van der Waals surface area contributed by atoms with Crippen molar-refractivity contribution in [1.29, 1.82) is 0 Å². The third-order valence-corrected chi connectivity index (χ3v) is 5.01. The Hall–Kier alpha value is -1.72. The van der Waals surface area contributed by atoms with Crippen LogP contribution in [-0.4, -0.2) is 29.7 Å². The summed E-state index contributed by atoms with van der Waals surface area (Å²) in [5.41, 5.74) is 2.94. The highest BCUT2D eigenvalue weighted by Gasteiger charge is 2.25. The van der Waals surface area contributed by atoms with Crippen LogP contribution < -0.4 is 4.90 Å². The van der Waals surface area contributed by atoms with E-state index >= 15 is 0 Å². The second-order valence-electron chi connectivity index (χ2n) is 5.23. The number of rotatable bonds is 3. The Morgan fingerprint density at radius 1 is 1.30 bits per heavy atom. The molecule has 0 unspecified atom stereocenters. The van der Waals surface area contributed by atoms with E-state index in [1.54, 1.807) is 11.8 Å². The van der Waals surface area contributed by atoms with Crippen molar-refractivity contribution >= 4 is 46.4 Å². The highest BCUT2D eigenvalue weighted by molar-refractivity contribution is 8.14. The molecule has 0 N–H and O–H groups in total. The van der Waals surface area contributed by atoms with Crippen LogP contribution in [0, 0.1) is 6.92 Å². The molecule has 0 atom stereocenters. The molecule has 120 valence electrons. The van der Waals surface area contributed by atoms with Gasteiger partial charge in [0, 0.05) is 24.4 Å². The van der Waals surface area contributed by atoms with Crippen molar-refractivity contribution in [2.45, 2.75) is 13.3 Å². The van der Waals surface area contributed by atoms with Gasteiger partial charge in [0.25, 0.3) is 0 Å². The molecule has 6 heteroatoms. The van der Waals surface area contributed by atoms with Crippen LogP contribution in [-0.2, 0) is 0 Å². The first-order valence-corrected chi connectivity index (χ1v) is 8.82. The number of anilines is 1. The van der Waals surface area contributed by atoms with Gasteiger partial charge in [0.05, 0.1) is 0 Å². The second-order valence-corrected chi connectivity index (χ2v) is 6.72. The number of hydrogen-bond donors (Lipinski definition) is 0. The SMILES string of the molecule is CN=C1SCCCN1c1c(C)noc1/C=C/c1ccc(Cl)cc1. The van der Waals surface area contributed by atoms with Crippen LogP contribution in [0.3, 0.4) is 0 Å². The van der Waals surface area contributed by atoms with Crippen molar-refractivity contribution in [2.75, 3.05) is 24.2 Å². The summed E-state index contributed by atoms with van der Waals surface area (Å²) in [6.07, 6.45) is 5.07. The first-order valence-electron chi connectivity index (χ1n) is 7.46. The van der Waals surface area contributed by atoms with E-state index in [1.165, 1.54) is 0 Å². The van der Waals surface area contributed by atoms with Gasteiger partial charge >= 0.3 is 0 Å². The predicted octanol–water partition coefficient (Wildman–Crippen LogP) is 4.74. The van der Waals surface area contributed by atoms with Crippen molar-refractivity contribution in [3.8, 4) is 0 Å². The number of amidine groups is 1. The number of aliphatic imine (C=N–C) groups is 1. The molecule has 1 fully saturated rings. The number of hydrogen-bond acceptors (Lipinski definition) is 4. The lowest BCUT2D eigenvalue weighted by atomic mass is 10.2. The van der Waals surface area contributed by atoms with Gasteiger partial charge in [-0.3, -0.25) is 4.99 Å². The average Bonchev–Trinajstić information content (AvgIpc) is 2.95. The molecular weight excluding hydrogens is 330 g/mol. The molecule has 1 aliphatic rings. The first kappa shape index (κ1) is 16.1. The Bertz CT molecular complexity index is 737. The van der Waals surface area contributed by atoms with Crippen molar-refractivity contribution in [1.82, 2.24) is 5.16 Å². The van der Waals surface area contributed by atoms with Gasteiger partial charge in [0.2, 0.25) is 0 Å². The fourth-order valence-electron chi connectivity index (χ4n) is 2.52. The topological polar surface area (TPSA) is 41.6 Å². The molecule has 1 saturated heterocycles. The molecule has 2 heterocycles. The predicted molar refractivity (Wildman–Crippen MR) is 99.4 cm³/mol. The zero-order chi connectivity index (χ0) is 16.2. The molecule has 1 aromatic carbocycles. The molecule has 4 nitrogen and oxygen atoms in total. The monoisotopic (exact) mass is 347 g/mol. The van der Waals surface area contributed by atoms with Gasteiger partial charge in [-0.1, -0.05) is 46.7 Å².